The molecule has 7 nitrogen and oxygen atoms in total. The van der Waals surface area contributed by atoms with Gasteiger partial charge in [0.1, 0.15) is 5.56 Å². The first-order chi connectivity index (χ1) is 13.4. The SMILES string of the molecule is CCC(=O)N1C[C@@H]2C[C@H](C1)c1ccc(C(=O)N3CC[C@@H](N(C)C)C3)c(=O)n1C2. The Hall–Kier alpha value is -2.15. The largest absolute Gasteiger partial charge is 0.342 e. The minimum atomic E-state index is -0.166. The number of hydrogen-bond donors (Lipinski definition) is 0. The van der Waals surface area contributed by atoms with Crippen LogP contribution in [0.2, 0.25) is 0 Å². The van der Waals surface area contributed by atoms with Crippen molar-refractivity contribution in [3.8, 4) is 0 Å². The lowest BCUT2D eigenvalue weighted by atomic mass is 9.83. The van der Waals surface area contributed by atoms with E-state index in [1.807, 2.05) is 32.0 Å². The molecule has 0 saturated carbocycles. The molecule has 0 unspecified atom stereocenters. The number of likely N-dealkylation sites (N-methyl/N-ethyl adjacent to an activating group) is 1. The summed E-state index contributed by atoms with van der Waals surface area (Å²) < 4.78 is 1.80. The number of piperidine rings is 1. The van der Waals surface area contributed by atoms with Crippen LogP contribution >= 0.6 is 0 Å². The van der Waals surface area contributed by atoms with Crippen LogP contribution in [0.5, 0.6) is 0 Å². The summed E-state index contributed by atoms with van der Waals surface area (Å²) in [5.74, 6) is 0.504. The number of amides is 2. The Bertz CT molecular complexity index is 847. The van der Waals surface area contributed by atoms with Crippen LogP contribution in [0.4, 0.5) is 0 Å². The molecule has 0 aliphatic carbocycles. The second kappa shape index (κ2) is 7.35. The second-order valence-corrected chi connectivity index (χ2v) is 8.70. The van der Waals surface area contributed by atoms with Crippen LogP contribution in [0.3, 0.4) is 0 Å². The van der Waals surface area contributed by atoms with E-state index in [4.69, 9.17) is 0 Å². The zero-order valence-corrected chi connectivity index (χ0v) is 17.1. The lowest BCUT2D eigenvalue weighted by molar-refractivity contribution is -0.133. The molecule has 3 atom stereocenters. The molecule has 152 valence electrons. The van der Waals surface area contributed by atoms with Crippen LogP contribution in [-0.2, 0) is 11.3 Å². The van der Waals surface area contributed by atoms with Gasteiger partial charge in [0.15, 0.2) is 0 Å². The van der Waals surface area contributed by atoms with Gasteiger partial charge in [-0.1, -0.05) is 6.92 Å². The fourth-order valence-electron chi connectivity index (χ4n) is 5.05. The van der Waals surface area contributed by atoms with E-state index in [-0.39, 0.29) is 34.8 Å². The molecular weight excluding hydrogens is 356 g/mol. The maximum atomic E-state index is 13.2. The van der Waals surface area contributed by atoms with E-state index >= 15 is 0 Å². The minimum Gasteiger partial charge on any atom is -0.342 e. The lowest BCUT2D eigenvalue weighted by Gasteiger charge is -2.42. The van der Waals surface area contributed by atoms with Gasteiger partial charge in [-0.25, -0.2) is 0 Å². The maximum Gasteiger partial charge on any atom is 0.263 e. The molecule has 3 aliphatic rings. The van der Waals surface area contributed by atoms with E-state index in [1.165, 1.54) is 0 Å². The summed E-state index contributed by atoms with van der Waals surface area (Å²) in [5, 5.41) is 0. The zero-order valence-electron chi connectivity index (χ0n) is 17.1. The first-order valence-corrected chi connectivity index (χ1v) is 10.4. The zero-order chi connectivity index (χ0) is 20.0. The van der Waals surface area contributed by atoms with E-state index in [0.29, 0.717) is 45.2 Å². The van der Waals surface area contributed by atoms with Crippen molar-refractivity contribution in [1.82, 2.24) is 19.3 Å². The Morgan fingerprint density at radius 2 is 1.89 bits per heavy atom. The monoisotopic (exact) mass is 386 g/mol. The quantitative estimate of drug-likeness (QED) is 0.777. The number of hydrogen-bond acceptors (Lipinski definition) is 4. The summed E-state index contributed by atoms with van der Waals surface area (Å²) in [6.45, 7) is 5.24. The molecule has 0 radical (unpaired) electrons. The Kier molecular flexibility index (Phi) is 5.04. The topological polar surface area (TPSA) is 65.9 Å². The van der Waals surface area contributed by atoms with Crippen LogP contribution in [0.15, 0.2) is 16.9 Å². The number of likely N-dealkylation sites (tertiary alicyclic amines) is 2. The molecule has 3 aliphatic heterocycles. The minimum absolute atomic E-state index is 0.150. The molecule has 28 heavy (non-hydrogen) atoms. The van der Waals surface area contributed by atoms with Gasteiger partial charge < -0.3 is 19.3 Å². The molecule has 1 aromatic rings. The third-order valence-corrected chi connectivity index (χ3v) is 6.67. The Balaban J connectivity index is 1.58. The third kappa shape index (κ3) is 3.26. The van der Waals surface area contributed by atoms with Crippen molar-refractivity contribution in [2.24, 2.45) is 5.92 Å². The highest BCUT2D eigenvalue weighted by atomic mass is 16.2. The molecule has 0 spiro atoms. The first kappa shape index (κ1) is 19.2. The molecule has 2 saturated heterocycles. The molecule has 2 fully saturated rings. The van der Waals surface area contributed by atoms with Crippen LogP contribution in [0.1, 0.15) is 48.2 Å². The summed E-state index contributed by atoms with van der Waals surface area (Å²) >= 11 is 0. The number of carbonyl (C=O) groups excluding carboxylic acids is 2. The van der Waals surface area contributed by atoms with Gasteiger partial charge in [-0.2, -0.15) is 0 Å². The molecule has 0 N–H and O–H groups in total. The van der Waals surface area contributed by atoms with Gasteiger partial charge in [0, 0.05) is 56.8 Å². The van der Waals surface area contributed by atoms with E-state index in [2.05, 4.69) is 4.90 Å². The molecule has 2 bridgehead atoms. The number of aromatic nitrogens is 1. The van der Waals surface area contributed by atoms with E-state index in [9.17, 15) is 14.4 Å². The smallest absolute Gasteiger partial charge is 0.263 e. The van der Waals surface area contributed by atoms with Gasteiger partial charge in [-0.3, -0.25) is 14.4 Å². The second-order valence-electron chi connectivity index (χ2n) is 8.70. The summed E-state index contributed by atoms with van der Waals surface area (Å²) in [6, 6.07) is 4.00. The van der Waals surface area contributed by atoms with E-state index in [0.717, 1.165) is 18.5 Å². The van der Waals surface area contributed by atoms with Crippen molar-refractivity contribution in [2.45, 2.75) is 44.7 Å². The Morgan fingerprint density at radius 1 is 1.11 bits per heavy atom. The van der Waals surface area contributed by atoms with Gasteiger partial charge in [0.05, 0.1) is 0 Å². The number of carbonyl (C=O) groups is 2. The summed E-state index contributed by atoms with van der Waals surface area (Å²) in [6.07, 6.45) is 2.47. The average Bonchev–Trinajstić information content (AvgIpc) is 3.18. The lowest BCUT2D eigenvalue weighted by Crippen LogP contribution is -2.49. The normalized spacial score (nSPS) is 26.5. The highest BCUT2D eigenvalue weighted by Gasteiger charge is 2.37. The summed E-state index contributed by atoms with van der Waals surface area (Å²) in [7, 11) is 4.05. The number of rotatable bonds is 3. The van der Waals surface area contributed by atoms with Gasteiger partial charge in [0.25, 0.3) is 11.5 Å². The summed E-state index contributed by atoms with van der Waals surface area (Å²) in [5.41, 5.74) is 1.09. The van der Waals surface area contributed by atoms with E-state index < -0.39 is 0 Å². The molecule has 4 heterocycles. The molecule has 0 aromatic carbocycles. The van der Waals surface area contributed by atoms with Crippen molar-refractivity contribution in [3.63, 3.8) is 0 Å². The molecular formula is C21H30N4O3. The van der Waals surface area contributed by atoms with Crippen molar-refractivity contribution in [3.05, 3.63) is 33.7 Å². The Morgan fingerprint density at radius 3 is 2.57 bits per heavy atom. The highest BCUT2D eigenvalue weighted by molar-refractivity contribution is 5.94. The molecule has 4 rings (SSSR count). The number of fused-ring (bicyclic) bond motifs is 4. The first-order valence-electron chi connectivity index (χ1n) is 10.4. The fourth-order valence-corrected chi connectivity index (χ4v) is 5.05. The van der Waals surface area contributed by atoms with Gasteiger partial charge in [0.2, 0.25) is 5.91 Å². The number of nitrogens with zero attached hydrogens (tertiary/aromatic N) is 4. The van der Waals surface area contributed by atoms with Crippen LogP contribution < -0.4 is 5.56 Å². The van der Waals surface area contributed by atoms with E-state index in [1.54, 1.807) is 15.5 Å². The average molecular weight is 386 g/mol. The molecule has 2 amide bonds. The van der Waals surface area contributed by atoms with Gasteiger partial charge >= 0.3 is 0 Å². The van der Waals surface area contributed by atoms with Crippen LogP contribution in [0, 0.1) is 5.92 Å². The van der Waals surface area contributed by atoms with Crippen LogP contribution in [0.25, 0.3) is 0 Å². The molecule has 1 aromatic heterocycles. The summed E-state index contributed by atoms with van der Waals surface area (Å²) in [4.78, 5) is 44.2. The molecule has 7 heteroatoms. The highest BCUT2D eigenvalue weighted by Crippen LogP contribution is 2.35. The van der Waals surface area contributed by atoms with Crippen molar-refractivity contribution >= 4 is 11.8 Å². The third-order valence-electron chi connectivity index (χ3n) is 6.67. The van der Waals surface area contributed by atoms with Gasteiger partial charge in [-0.15, -0.1) is 0 Å². The predicted molar refractivity (Wildman–Crippen MR) is 106 cm³/mol. The van der Waals surface area contributed by atoms with Crippen molar-refractivity contribution in [1.29, 1.82) is 0 Å². The van der Waals surface area contributed by atoms with Crippen molar-refractivity contribution in [2.75, 3.05) is 40.3 Å². The standard InChI is InChI=1S/C21H30N4O3/c1-4-19(26)24-10-14-9-15(12-24)18-6-5-17(21(28)25(18)11-14)20(27)23-8-7-16(13-23)22(2)3/h5-6,14-16H,4,7-13H2,1-3H3/t14-,15+,16+/m0/s1. The van der Waals surface area contributed by atoms with Crippen molar-refractivity contribution < 1.29 is 9.59 Å². The maximum absolute atomic E-state index is 13.2. The Labute approximate surface area is 165 Å². The van der Waals surface area contributed by atoms with Crippen LogP contribution in [-0.4, -0.2) is 77.4 Å². The van der Waals surface area contributed by atoms with Gasteiger partial charge in [-0.05, 0) is 45.0 Å². The number of pyridine rings is 1. The predicted octanol–water partition coefficient (Wildman–Crippen LogP) is 0.980. The fraction of sp³-hybridized carbons (Fsp3) is 0.667.